The van der Waals surface area contributed by atoms with Gasteiger partial charge in [-0.2, -0.15) is 0 Å². The third-order valence-corrected chi connectivity index (χ3v) is 3.47. The molecule has 2 rings (SSSR count). The van der Waals surface area contributed by atoms with Crippen LogP contribution in [-0.4, -0.2) is 55.4 Å². The molecule has 6 heteroatoms. The fourth-order valence-electron chi connectivity index (χ4n) is 1.72. The molecule has 0 amide bonds. The largest absolute Gasteiger partial charge is 0.489 e. The maximum atomic E-state index is 10.9. The molecule has 0 aliphatic carbocycles. The Hall–Kier alpha value is -1.11. The second-order valence-electron chi connectivity index (χ2n) is 3.99. The van der Waals surface area contributed by atoms with E-state index in [1.807, 2.05) is 7.05 Å². The molecular weight excluding hydrogens is 242 g/mol. The van der Waals surface area contributed by atoms with Gasteiger partial charge in [0.05, 0.1) is 6.61 Å². The number of carboxylic acid groups (broad SMARTS) is 1. The molecule has 0 aromatic carbocycles. The van der Waals surface area contributed by atoms with E-state index < -0.39 is 5.97 Å². The van der Waals surface area contributed by atoms with Gasteiger partial charge in [-0.25, -0.2) is 4.79 Å². The van der Waals surface area contributed by atoms with E-state index in [0.717, 1.165) is 13.1 Å². The van der Waals surface area contributed by atoms with E-state index in [-0.39, 0.29) is 11.0 Å². The quantitative estimate of drug-likeness (QED) is 0.877. The van der Waals surface area contributed by atoms with E-state index in [2.05, 4.69) is 4.90 Å². The summed E-state index contributed by atoms with van der Waals surface area (Å²) in [6.45, 7) is 2.82. The van der Waals surface area contributed by atoms with Crippen LogP contribution in [0.25, 0.3) is 0 Å². The van der Waals surface area contributed by atoms with Gasteiger partial charge in [0, 0.05) is 13.1 Å². The monoisotopic (exact) mass is 257 g/mol. The number of aromatic carboxylic acids is 1. The number of thiophene rings is 1. The van der Waals surface area contributed by atoms with Gasteiger partial charge in [0.1, 0.15) is 18.5 Å². The standard InChI is InChI=1S/C11H15NO4S/c1-12-3-4-15-8(6-12)7-16-9-2-5-17-10(9)11(13)14/h2,5,8H,3-4,6-7H2,1H3,(H,13,14). The molecule has 0 spiro atoms. The molecule has 0 bridgehead atoms. The lowest BCUT2D eigenvalue weighted by Crippen LogP contribution is -2.42. The number of likely N-dealkylation sites (N-methyl/N-ethyl adjacent to an activating group) is 1. The summed E-state index contributed by atoms with van der Waals surface area (Å²) in [5, 5.41) is 10.6. The predicted molar refractivity (Wildman–Crippen MR) is 64.0 cm³/mol. The molecule has 1 N–H and O–H groups in total. The number of morpholine rings is 1. The van der Waals surface area contributed by atoms with Crippen molar-refractivity contribution in [3.05, 3.63) is 16.3 Å². The molecule has 1 saturated heterocycles. The summed E-state index contributed by atoms with van der Waals surface area (Å²) >= 11 is 1.17. The predicted octanol–water partition coefficient (Wildman–Crippen LogP) is 1.16. The first-order valence-electron chi connectivity index (χ1n) is 5.40. The summed E-state index contributed by atoms with van der Waals surface area (Å²) in [5.41, 5.74) is 0. The van der Waals surface area contributed by atoms with E-state index in [0.29, 0.717) is 19.0 Å². The molecule has 2 heterocycles. The number of carbonyl (C=O) groups is 1. The Kier molecular flexibility index (Phi) is 3.98. The molecule has 17 heavy (non-hydrogen) atoms. The Morgan fingerprint density at radius 1 is 1.76 bits per heavy atom. The topological polar surface area (TPSA) is 59.0 Å². The molecule has 1 aromatic rings. The van der Waals surface area contributed by atoms with Crippen LogP contribution < -0.4 is 4.74 Å². The maximum Gasteiger partial charge on any atom is 0.349 e. The lowest BCUT2D eigenvalue weighted by atomic mass is 10.3. The number of rotatable bonds is 4. The van der Waals surface area contributed by atoms with Crippen molar-refractivity contribution in [1.82, 2.24) is 4.90 Å². The van der Waals surface area contributed by atoms with Crippen LogP contribution in [0.5, 0.6) is 5.75 Å². The van der Waals surface area contributed by atoms with Crippen LogP contribution in [-0.2, 0) is 4.74 Å². The highest BCUT2D eigenvalue weighted by atomic mass is 32.1. The van der Waals surface area contributed by atoms with Gasteiger partial charge in [0.2, 0.25) is 0 Å². The highest BCUT2D eigenvalue weighted by molar-refractivity contribution is 7.12. The van der Waals surface area contributed by atoms with Crippen LogP contribution in [0.2, 0.25) is 0 Å². The van der Waals surface area contributed by atoms with Crippen LogP contribution in [0.3, 0.4) is 0 Å². The molecule has 1 atom stereocenters. The highest BCUT2D eigenvalue weighted by Crippen LogP contribution is 2.25. The van der Waals surface area contributed by atoms with Gasteiger partial charge >= 0.3 is 5.97 Å². The number of hydrogen-bond acceptors (Lipinski definition) is 5. The van der Waals surface area contributed by atoms with Crippen molar-refractivity contribution in [2.45, 2.75) is 6.10 Å². The Morgan fingerprint density at radius 3 is 3.29 bits per heavy atom. The van der Waals surface area contributed by atoms with E-state index in [1.165, 1.54) is 11.3 Å². The van der Waals surface area contributed by atoms with E-state index in [9.17, 15) is 4.79 Å². The van der Waals surface area contributed by atoms with Gasteiger partial charge in [0.15, 0.2) is 4.88 Å². The van der Waals surface area contributed by atoms with Gasteiger partial charge in [-0.1, -0.05) is 0 Å². The molecule has 1 aliphatic rings. The van der Waals surface area contributed by atoms with Crippen molar-refractivity contribution in [2.75, 3.05) is 33.4 Å². The van der Waals surface area contributed by atoms with Crippen LogP contribution >= 0.6 is 11.3 Å². The average molecular weight is 257 g/mol. The summed E-state index contributed by atoms with van der Waals surface area (Å²) in [5.74, 6) is -0.518. The van der Waals surface area contributed by atoms with E-state index >= 15 is 0 Å². The Morgan fingerprint density at radius 2 is 2.59 bits per heavy atom. The molecular formula is C11H15NO4S. The SMILES string of the molecule is CN1CCOC(COc2ccsc2C(=O)O)C1. The highest BCUT2D eigenvalue weighted by Gasteiger charge is 2.20. The lowest BCUT2D eigenvalue weighted by molar-refractivity contribution is -0.0404. The first-order chi connectivity index (χ1) is 8.16. The van der Waals surface area contributed by atoms with Crippen molar-refractivity contribution in [2.24, 2.45) is 0 Å². The number of ether oxygens (including phenoxy) is 2. The summed E-state index contributed by atoms with van der Waals surface area (Å²) in [7, 11) is 2.03. The molecule has 1 aromatic heterocycles. The zero-order valence-electron chi connectivity index (χ0n) is 9.59. The van der Waals surface area contributed by atoms with Crippen molar-refractivity contribution >= 4 is 17.3 Å². The van der Waals surface area contributed by atoms with Gasteiger partial charge in [-0.05, 0) is 18.5 Å². The maximum absolute atomic E-state index is 10.9. The summed E-state index contributed by atoms with van der Waals surface area (Å²) in [4.78, 5) is 13.3. The zero-order valence-corrected chi connectivity index (χ0v) is 10.4. The average Bonchev–Trinajstić information content (AvgIpc) is 2.74. The van der Waals surface area contributed by atoms with Gasteiger partial charge in [-0.3, -0.25) is 0 Å². The fourth-order valence-corrected chi connectivity index (χ4v) is 2.39. The minimum Gasteiger partial charge on any atom is -0.489 e. The zero-order chi connectivity index (χ0) is 12.3. The van der Waals surface area contributed by atoms with Crippen LogP contribution in [0.1, 0.15) is 9.67 Å². The summed E-state index contributed by atoms with van der Waals surface area (Å²) in [6, 6.07) is 1.68. The van der Waals surface area contributed by atoms with Gasteiger partial charge < -0.3 is 19.5 Å². The Balaban J connectivity index is 1.89. The molecule has 0 saturated carbocycles. The van der Waals surface area contributed by atoms with Crippen molar-refractivity contribution in [1.29, 1.82) is 0 Å². The lowest BCUT2D eigenvalue weighted by Gasteiger charge is -2.29. The van der Waals surface area contributed by atoms with Crippen LogP contribution in [0.15, 0.2) is 11.4 Å². The number of nitrogens with zero attached hydrogens (tertiary/aromatic N) is 1. The van der Waals surface area contributed by atoms with E-state index in [4.69, 9.17) is 14.6 Å². The number of hydrogen-bond donors (Lipinski definition) is 1. The third kappa shape index (κ3) is 3.18. The van der Waals surface area contributed by atoms with Crippen molar-refractivity contribution in [3.63, 3.8) is 0 Å². The van der Waals surface area contributed by atoms with E-state index in [1.54, 1.807) is 11.4 Å². The fraction of sp³-hybridized carbons (Fsp3) is 0.545. The molecule has 5 nitrogen and oxygen atoms in total. The minimum atomic E-state index is -0.948. The second kappa shape index (κ2) is 5.48. The Labute approximate surface area is 104 Å². The van der Waals surface area contributed by atoms with Crippen molar-refractivity contribution < 1.29 is 19.4 Å². The first kappa shape index (κ1) is 12.3. The van der Waals surface area contributed by atoms with Gasteiger partial charge in [0.25, 0.3) is 0 Å². The van der Waals surface area contributed by atoms with Gasteiger partial charge in [-0.15, -0.1) is 11.3 Å². The normalized spacial score (nSPS) is 21.4. The first-order valence-corrected chi connectivity index (χ1v) is 6.28. The molecule has 94 valence electrons. The smallest absolute Gasteiger partial charge is 0.349 e. The molecule has 1 aliphatic heterocycles. The molecule has 0 radical (unpaired) electrons. The molecule has 1 fully saturated rings. The third-order valence-electron chi connectivity index (χ3n) is 2.59. The van der Waals surface area contributed by atoms with Crippen LogP contribution in [0, 0.1) is 0 Å². The Bertz CT molecular complexity index is 393. The number of carboxylic acids is 1. The molecule has 1 unspecified atom stereocenters. The summed E-state index contributed by atoms with van der Waals surface area (Å²) in [6.07, 6.45) is 0.00953. The van der Waals surface area contributed by atoms with Crippen molar-refractivity contribution in [3.8, 4) is 5.75 Å². The second-order valence-corrected chi connectivity index (χ2v) is 4.90. The summed E-state index contributed by atoms with van der Waals surface area (Å²) < 4.78 is 11.0. The van der Waals surface area contributed by atoms with Crippen LogP contribution in [0.4, 0.5) is 0 Å². The minimum absolute atomic E-state index is 0.00953.